The van der Waals surface area contributed by atoms with Crippen molar-refractivity contribution in [2.45, 2.75) is 17.6 Å². The maximum Gasteiger partial charge on any atom is 0.318 e. The van der Waals surface area contributed by atoms with Gasteiger partial charge in [-0.3, -0.25) is 4.79 Å². The van der Waals surface area contributed by atoms with Crippen LogP contribution in [0.4, 0.5) is 0 Å². The summed E-state index contributed by atoms with van der Waals surface area (Å²) in [5, 5.41) is 23.6. The molecule has 1 atom stereocenters. The van der Waals surface area contributed by atoms with Crippen LogP contribution in [0, 0.1) is 5.92 Å². The number of methoxy groups -OCH3 is 1. The molecule has 0 aliphatic heterocycles. The van der Waals surface area contributed by atoms with Gasteiger partial charge in [0.15, 0.2) is 11.5 Å². The van der Waals surface area contributed by atoms with Gasteiger partial charge in [-0.05, 0) is 34.4 Å². The number of hydrogen-bond donors (Lipinski definition) is 2. The molecule has 3 aliphatic rings. The molecule has 6 rings (SSSR count). The van der Waals surface area contributed by atoms with E-state index in [2.05, 4.69) is 0 Å². The van der Waals surface area contributed by atoms with Crippen LogP contribution in [0.25, 0.3) is 0 Å². The van der Waals surface area contributed by atoms with Gasteiger partial charge >= 0.3 is 5.97 Å². The van der Waals surface area contributed by atoms with E-state index in [0.717, 1.165) is 0 Å². The highest BCUT2D eigenvalue weighted by molar-refractivity contribution is 5.81. The second-order valence-corrected chi connectivity index (χ2v) is 7.55. The molecule has 0 saturated carbocycles. The highest BCUT2D eigenvalue weighted by Crippen LogP contribution is 2.59. The number of carbonyl (C=O) groups is 1. The molecule has 3 aromatic rings. The summed E-state index contributed by atoms with van der Waals surface area (Å²) in [5.74, 6) is -0.881. The minimum Gasteiger partial charge on any atom is -0.493 e. The monoisotopic (exact) mass is 388 g/mol. The lowest BCUT2D eigenvalue weighted by atomic mass is 9.54. The first-order valence-electron chi connectivity index (χ1n) is 9.49. The summed E-state index contributed by atoms with van der Waals surface area (Å²) in [7, 11) is 1.50. The van der Waals surface area contributed by atoms with Crippen LogP contribution < -0.4 is 9.47 Å². The lowest BCUT2D eigenvalue weighted by molar-refractivity contribution is -0.157. The van der Waals surface area contributed by atoms with E-state index in [9.17, 15) is 15.0 Å². The van der Waals surface area contributed by atoms with Gasteiger partial charge in [0.1, 0.15) is 11.2 Å². The Morgan fingerprint density at radius 2 is 1.31 bits per heavy atom. The number of rotatable bonds is 3. The zero-order valence-electron chi connectivity index (χ0n) is 15.8. The topological polar surface area (TPSA) is 76.0 Å². The second-order valence-electron chi connectivity index (χ2n) is 7.55. The van der Waals surface area contributed by atoms with Gasteiger partial charge in [0.2, 0.25) is 0 Å². The molecule has 2 bridgehead atoms. The summed E-state index contributed by atoms with van der Waals surface area (Å²) >= 11 is 0. The van der Waals surface area contributed by atoms with Gasteiger partial charge in [0, 0.05) is 6.42 Å². The predicted molar refractivity (Wildman–Crippen MR) is 106 cm³/mol. The third-order valence-electron chi connectivity index (χ3n) is 6.13. The van der Waals surface area contributed by atoms with E-state index >= 15 is 0 Å². The Kier molecular flexibility index (Phi) is 3.81. The van der Waals surface area contributed by atoms with Gasteiger partial charge in [-0.15, -0.1) is 0 Å². The second kappa shape index (κ2) is 6.17. The minimum atomic E-state index is -1.59. The molecule has 29 heavy (non-hydrogen) atoms. The first kappa shape index (κ1) is 17.9. The quantitative estimate of drug-likeness (QED) is 0.533. The van der Waals surface area contributed by atoms with E-state index in [1.54, 1.807) is 60.7 Å². The fourth-order valence-corrected chi connectivity index (χ4v) is 4.82. The molecule has 5 nitrogen and oxygen atoms in total. The number of esters is 1. The molecule has 5 heteroatoms. The van der Waals surface area contributed by atoms with E-state index in [1.807, 2.05) is 12.1 Å². The zero-order valence-corrected chi connectivity index (χ0v) is 15.8. The van der Waals surface area contributed by atoms with Crippen LogP contribution in [0.15, 0.2) is 72.8 Å². The molecular formula is C24H20O5. The lowest BCUT2D eigenvalue weighted by Crippen LogP contribution is -2.57. The van der Waals surface area contributed by atoms with Gasteiger partial charge < -0.3 is 19.7 Å². The lowest BCUT2D eigenvalue weighted by Gasteiger charge is -2.53. The fourth-order valence-electron chi connectivity index (χ4n) is 4.82. The molecule has 0 heterocycles. The summed E-state index contributed by atoms with van der Waals surface area (Å²) < 4.78 is 10.9. The molecule has 0 amide bonds. The first-order valence-corrected chi connectivity index (χ1v) is 9.49. The summed E-state index contributed by atoms with van der Waals surface area (Å²) in [5.41, 5.74) is -0.632. The minimum absolute atomic E-state index is 0.0332. The SMILES string of the molecule is COc1ccccc1OC(=O)C1CC2(O)c3ccccc3C1(O)c1ccccc12. The van der Waals surface area contributed by atoms with Crippen molar-refractivity contribution in [3.05, 3.63) is 95.1 Å². The first-order chi connectivity index (χ1) is 14.0. The number of aliphatic hydroxyl groups is 2. The normalized spacial score (nSPS) is 26.4. The maximum absolute atomic E-state index is 13.2. The molecule has 0 saturated heterocycles. The molecule has 3 aliphatic carbocycles. The van der Waals surface area contributed by atoms with Crippen LogP contribution in [-0.2, 0) is 16.0 Å². The Bertz CT molecular complexity index is 1070. The number of fused-ring (bicyclic) bond motifs is 1. The van der Waals surface area contributed by atoms with Crippen LogP contribution in [0.5, 0.6) is 11.5 Å². The van der Waals surface area contributed by atoms with Crippen molar-refractivity contribution in [1.82, 2.24) is 0 Å². The van der Waals surface area contributed by atoms with Crippen molar-refractivity contribution in [3.8, 4) is 11.5 Å². The highest BCUT2D eigenvalue weighted by atomic mass is 16.6. The van der Waals surface area contributed by atoms with E-state index in [-0.39, 0.29) is 12.2 Å². The van der Waals surface area contributed by atoms with E-state index in [4.69, 9.17) is 9.47 Å². The Labute approximate surface area is 168 Å². The van der Waals surface area contributed by atoms with Gasteiger partial charge in [0.25, 0.3) is 0 Å². The number of para-hydroxylation sites is 2. The smallest absolute Gasteiger partial charge is 0.318 e. The van der Waals surface area contributed by atoms with E-state index in [0.29, 0.717) is 28.0 Å². The van der Waals surface area contributed by atoms with Gasteiger partial charge in [-0.1, -0.05) is 60.7 Å². The van der Waals surface area contributed by atoms with Gasteiger partial charge in [0.05, 0.1) is 13.0 Å². The molecule has 0 radical (unpaired) electrons. The molecule has 2 N–H and O–H groups in total. The number of hydrogen-bond acceptors (Lipinski definition) is 5. The van der Waals surface area contributed by atoms with Crippen molar-refractivity contribution < 1.29 is 24.5 Å². The predicted octanol–water partition coefficient (Wildman–Crippen LogP) is 3.11. The van der Waals surface area contributed by atoms with Crippen LogP contribution in [0.3, 0.4) is 0 Å². The summed E-state index contributed by atoms with van der Waals surface area (Å²) in [6.07, 6.45) is 0.0332. The molecular weight excluding hydrogens is 368 g/mol. The molecule has 146 valence electrons. The number of ether oxygens (including phenoxy) is 2. The standard InChI is InChI=1S/C24H20O5/c1-28-20-12-6-7-13-21(20)29-22(25)19-14-23(26)15-8-2-4-10-17(15)24(19,27)18-11-5-3-9-16(18)23/h2-13,19,26-27H,14H2,1H3. The molecule has 1 unspecified atom stereocenters. The van der Waals surface area contributed by atoms with Crippen molar-refractivity contribution in [2.24, 2.45) is 5.92 Å². The fraction of sp³-hybridized carbons (Fsp3) is 0.208. The van der Waals surface area contributed by atoms with Crippen LogP contribution >= 0.6 is 0 Å². The highest BCUT2D eigenvalue weighted by Gasteiger charge is 2.62. The van der Waals surface area contributed by atoms with Crippen LogP contribution in [0.1, 0.15) is 28.7 Å². The molecule has 3 aromatic carbocycles. The van der Waals surface area contributed by atoms with Crippen LogP contribution in [0.2, 0.25) is 0 Å². The van der Waals surface area contributed by atoms with Crippen molar-refractivity contribution >= 4 is 5.97 Å². The Morgan fingerprint density at radius 3 is 1.86 bits per heavy atom. The average Bonchev–Trinajstić information content (AvgIpc) is 2.76. The van der Waals surface area contributed by atoms with E-state index in [1.165, 1.54) is 7.11 Å². The Hall–Kier alpha value is -3.15. The zero-order chi connectivity index (χ0) is 20.2. The number of benzene rings is 3. The summed E-state index contributed by atoms with van der Waals surface area (Å²) in [6.45, 7) is 0. The summed E-state index contributed by atoms with van der Waals surface area (Å²) in [4.78, 5) is 13.2. The van der Waals surface area contributed by atoms with E-state index < -0.39 is 23.1 Å². The largest absolute Gasteiger partial charge is 0.493 e. The average molecular weight is 388 g/mol. The molecule has 0 spiro atoms. The van der Waals surface area contributed by atoms with Gasteiger partial charge in [-0.2, -0.15) is 0 Å². The maximum atomic E-state index is 13.2. The Morgan fingerprint density at radius 1 is 0.828 bits per heavy atom. The third-order valence-corrected chi connectivity index (χ3v) is 6.13. The summed E-state index contributed by atoms with van der Waals surface area (Å²) in [6, 6.07) is 21.2. The molecule has 0 fully saturated rings. The third kappa shape index (κ3) is 2.32. The number of carbonyl (C=O) groups excluding carboxylic acids is 1. The van der Waals surface area contributed by atoms with Gasteiger partial charge in [-0.25, -0.2) is 0 Å². The van der Waals surface area contributed by atoms with Crippen molar-refractivity contribution in [1.29, 1.82) is 0 Å². The van der Waals surface area contributed by atoms with Crippen LogP contribution in [-0.4, -0.2) is 23.3 Å². The van der Waals surface area contributed by atoms with Crippen molar-refractivity contribution in [3.63, 3.8) is 0 Å². The van der Waals surface area contributed by atoms with Crippen molar-refractivity contribution in [2.75, 3.05) is 7.11 Å². The Balaban J connectivity index is 1.65. The molecule has 0 aromatic heterocycles.